The minimum Gasteiger partial charge on any atom is -0.450 e. The number of aromatic nitrogens is 1. The quantitative estimate of drug-likeness (QED) is 0.660. The molecule has 1 amide bonds. The Labute approximate surface area is 154 Å². The average molecular weight is 367 g/mol. The number of hydrogen-bond donors (Lipinski definition) is 0. The fourth-order valence-corrected chi connectivity index (χ4v) is 3.52. The average Bonchev–Trinajstić information content (AvgIpc) is 2.91. The Bertz CT molecular complexity index is 1110. The smallest absolute Gasteiger partial charge is 0.291 e. The van der Waals surface area contributed by atoms with Gasteiger partial charge in [0.05, 0.1) is 17.0 Å². The number of pyridine rings is 1. The summed E-state index contributed by atoms with van der Waals surface area (Å²) >= 11 is 6.19. The SMILES string of the molecule is C=CCN1C(=O)c2oc3cc(C)c(Cl)cc3c(=O)c2C1c1cccnc1. The van der Waals surface area contributed by atoms with Gasteiger partial charge in [-0.15, -0.1) is 6.58 Å². The van der Waals surface area contributed by atoms with Crippen molar-refractivity contribution in [1.82, 2.24) is 9.88 Å². The van der Waals surface area contributed by atoms with Gasteiger partial charge < -0.3 is 9.32 Å². The predicted molar refractivity (Wildman–Crippen MR) is 99.5 cm³/mol. The minimum atomic E-state index is -0.565. The van der Waals surface area contributed by atoms with Gasteiger partial charge in [-0.25, -0.2) is 0 Å². The second kappa shape index (κ2) is 6.11. The van der Waals surface area contributed by atoms with Crippen LogP contribution in [0.25, 0.3) is 11.0 Å². The van der Waals surface area contributed by atoms with Crippen LogP contribution in [0.5, 0.6) is 0 Å². The number of rotatable bonds is 3. The highest BCUT2D eigenvalue weighted by Crippen LogP contribution is 2.38. The molecule has 3 aromatic rings. The van der Waals surface area contributed by atoms with E-state index in [0.717, 1.165) is 11.1 Å². The molecule has 130 valence electrons. The molecule has 1 aromatic carbocycles. The molecule has 0 radical (unpaired) electrons. The van der Waals surface area contributed by atoms with Crippen LogP contribution in [-0.2, 0) is 0 Å². The first-order chi connectivity index (χ1) is 12.5. The van der Waals surface area contributed by atoms with Crippen molar-refractivity contribution in [2.24, 2.45) is 0 Å². The van der Waals surface area contributed by atoms with Gasteiger partial charge in [-0.2, -0.15) is 0 Å². The van der Waals surface area contributed by atoms with Crippen molar-refractivity contribution in [3.63, 3.8) is 0 Å². The Morgan fingerprint density at radius 1 is 1.38 bits per heavy atom. The molecule has 1 aliphatic rings. The Kier molecular flexibility index (Phi) is 3.89. The largest absolute Gasteiger partial charge is 0.450 e. The number of carbonyl (C=O) groups excluding carboxylic acids is 1. The van der Waals surface area contributed by atoms with Crippen LogP contribution in [0.4, 0.5) is 0 Å². The number of halogens is 1. The Hall–Kier alpha value is -2.92. The molecule has 1 unspecified atom stereocenters. The summed E-state index contributed by atoms with van der Waals surface area (Å²) in [6, 6.07) is 6.32. The second-order valence-electron chi connectivity index (χ2n) is 6.21. The summed E-state index contributed by atoms with van der Waals surface area (Å²) in [5, 5.41) is 0.844. The van der Waals surface area contributed by atoms with Gasteiger partial charge in [0.1, 0.15) is 5.58 Å². The van der Waals surface area contributed by atoms with Crippen molar-refractivity contribution in [2.45, 2.75) is 13.0 Å². The summed E-state index contributed by atoms with van der Waals surface area (Å²) in [5.74, 6) is -0.264. The van der Waals surface area contributed by atoms with Crippen LogP contribution in [-0.4, -0.2) is 22.3 Å². The maximum Gasteiger partial charge on any atom is 0.291 e. The van der Waals surface area contributed by atoms with E-state index in [0.29, 0.717) is 21.6 Å². The van der Waals surface area contributed by atoms with Gasteiger partial charge in [-0.1, -0.05) is 23.7 Å². The minimum absolute atomic E-state index is 0.0694. The summed E-state index contributed by atoms with van der Waals surface area (Å²) in [6.45, 7) is 5.82. The first-order valence-corrected chi connectivity index (χ1v) is 8.49. The third kappa shape index (κ3) is 2.35. The topological polar surface area (TPSA) is 63.4 Å². The van der Waals surface area contributed by atoms with E-state index in [2.05, 4.69) is 11.6 Å². The molecule has 0 saturated heterocycles. The molecule has 0 spiro atoms. The molecule has 1 aliphatic heterocycles. The summed E-state index contributed by atoms with van der Waals surface area (Å²) in [5.41, 5.74) is 1.94. The number of benzene rings is 1. The lowest BCUT2D eigenvalue weighted by Gasteiger charge is -2.23. The lowest BCUT2D eigenvalue weighted by atomic mass is 9.99. The van der Waals surface area contributed by atoms with Crippen LogP contribution in [0.3, 0.4) is 0 Å². The van der Waals surface area contributed by atoms with E-state index < -0.39 is 6.04 Å². The molecule has 0 N–H and O–H groups in total. The molecule has 0 fully saturated rings. The predicted octanol–water partition coefficient (Wildman–Crippen LogP) is 3.88. The van der Waals surface area contributed by atoms with Crippen molar-refractivity contribution in [2.75, 3.05) is 6.54 Å². The molecular weight excluding hydrogens is 352 g/mol. The van der Waals surface area contributed by atoms with E-state index in [4.69, 9.17) is 16.0 Å². The van der Waals surface area contributed by atoms with Gasteiger partial charge in [-0.05, 0) is 36.2 Å². The maximum absolute atomic E-state index is 13.2. The standard InChI is InChI=1S/C20H15ClN2O3/c1-3-7-23-17(12-5-4-6-22-10-12)16-18(24)13-9-14(21)11(2)8-15(13)26-19(16)20(23)25/h3-6,8-10,17H,1,7H2,2H3. The van der Waals surface area contributed by atoms with E-state index in [9.17, 15) is 9.59 Å². The third-order valence-electron chi connectivity index (χ3n) is 4.57. The Morgan fingerprint density at radius 2 is 2.19 bits per heavy atom. The van der Waals surface area contributed by atoms with Crippen LogP contribution < -0.4 is 5.43 Å². The molecular formula is C20H15ClN2O3. The highest BCUT2D eigenvalue weighted by molar-refractivity contribution is 6.32. The molecule has 1 atom stereocenters. The fourth-order valence-electron chi connectivity index (χ4n) is 3.35. The van der Waals surface area contributed by atoms with Crippen molar-refractivity contribution in [3.8, 4) is 0 Å². The van der Waals surface area contributed by atoms with Crippen LogP contribution >= 0.6 is 11.6 Å². The zero-order valence-electron chi connectivity index (χ0n) is 14.0. The van der Waals surface area contributed by atoms with Gasteiger partial charge >= 0.3 is 0 Å². The lowest BCUT2D eigenvalue weighted by molar-refractivity contribution is 0.0748. The number of amides is 1. The molecule has 2 aromatic heterocycles. The van der Waals surface area contributed by atoms with E-state index in [1.54, 1.807) is 41.6 Å². The first-order valence-electron chi connectivity index (χ1n) is 8.11. The van der Waals surface area contributed by atoms with Gasteiger partial charge in [0.2, 0.25) is 5.76 Å². The van der Waals surface area contributed by atoms with Gasteiger partial charge in [0.15, 0.2) is 5.43 Å². The van der Waals surface area contributed by atoms with Crippen LogP contribution in [0.15, 0.2) is 58.5 Å². The van der Waals surface area contributed by atoms with Crippen molar-refractivity contribution >= 4 is 28.5 Å². The molecule has 5 nitrogen and oxygen atoms in total. The molecule has 3 heterocycles. The molecule has 0 aliphatic carbocycles. The zero-order chi connectivity index (χ0) is 18.4. The van der Waals surface area contributed by atoms with E-state index in [1.165, 1.54) is 0 Å². The van der Waals surface area contributed by atoms with Gasteiger partial charge in [0, 0.05) is 24.0 Å². The first kappa shape index (κ1) is 16.5. The van der Waals surface area contributed by atoms with Crippen molar-refractivity contribution in [1.29, 1.82) is 0 Å². The van der Waals surface area contributed by atoms with Crippen molar-refractivity contribution < 1.29 is 9.21 Å². The highest BCUT2D eigenvalue weighted by Gasteiger charge is 2.42. The second-order valence-corrected chi connectivity index (χ2v) is 6.61. The van der Waals surface area contributed by atoms with E-state index in [1.807, 2.05) is 13.0 Å². The molecule has 6 heteroatoms. The summed E-state index contributed by atoms with van der Waals surface area (Å²) < 4.78 is 5.86. The molecule has 4 rings (SSSR count). The van der Waals surface area contributed by atoms with E-state index >= 15 is 0 Å². The van der Waals surface area contributed by atoms with Gasteiger partial charge in [0.25, 0.3) is 5.91 Å². The number of nitrogens with zero attached hydrogens (tertiary/aromatic N) is 2. The lowest BCUT2D eigenvalue weighted by Crippen LogP contribution is -2.29. The Balaban J connectivity index is 2.05. The van der Waals surface area contributed by atoms with Crippen molar-refractivity contribution in [3.05, 3.63) is 87.0 Å². The monoisotopic (exact) mass is 366 g/mol. The third-order valence-corrected chi connectivity index (χ3v) is 4.98. The number of aryl methyl sites for hydroxylation is 1. The number of hydrogen-bond acceptors (Lipinski definition) is 4. The summed E-state index contributed by atoms with van der Waals surface area (Å²) in [4.78, 5) is 31.8. The molecule has 26 heavy (non-hydrogen) atoms. The maximum atomic E-state index is 13.2. The molecule has 0 saturated carbocycles. The van der Waals surface area contributed by atoms with E-state index in [-0.39, 0.29) is 23.6 Å². The summed E-state index contributed by atoms with van der Waals surface area (Å²) in [7, 11) is 0. The Morgan fingerprint density at radius 3 is 2.88 bits per heavy atom. The van der Waals surface area contributed by atoms with Crippen LogP contribution in [0, 0.1) is 6.92 Å². The fraction of sp³-hybridized carbons (Fsp3) is 0.150. The summed E-state index contributed by atoms with van der Waals surface area (Å²) in [6.07, 6.45) is 4.91. The van der Waals surface area contributed by atoms with Gasteiger partial charge in [-0.3, -0.25) is 14.6 Å². The number of carbonyl (C=O) groups is 1. The normalized spacial score (nSPS) is 16.2. The zero-order valence-corrected chi connectivity index (χ0v) is 14.8. The highest BCUT2D eigenvalue weighted by atomic mass is 35.5. The van der Waals surface area contributed by atoms with Crippen LogP contribution in [0.1, 0.15) is 33.3 Å². The van der Waals surface area contributed by atoms with Crippen LogP contribution in [0.2, 0.25) is 5.02 Å². The molecule has 0 bridgehead atoms. The number of fused-ring (bicyclic) bond motifs is 2.